The minimum absolute atomic E-state index is 0.176. The minimum Gasteiger partial charge on any atom is -0.441 e. The highest BCUT2D eigenvalue weighted by atomic mass is 79.9. The van der Waals surface area contributed by atoms with Crippen molar-refractivity contribution in [3.63, 3.8) is 0 Å². The van der Waals surface area contributed by atoms with Gasteiger partial charge in [0.25, 0.3) is 0 Å². The van der Waals surface area contributed by atoms with Crippen LogP contribution >= 0.6 is 15.9 Å². The fourth-order valence-electron chi connectivity index (χ4n) is 2.48. The standard InChI is InChI=1S/C20H20BrN3O2/c1-13-14(2)26-19(22-13)16-5-4-6-18(11-16)23-20(25)24(3)12-15-7-9-17(21)10-8-15/h4-11H,12H2,1-3H3,(H,23,25). The first-order valence-electron chi connectivity index (χ1n) is 8.23. The van der Waals surface area contributed by atoms with Crippen LogP contribution in [0.1, 0.15) is 17.0 Å². The van der Waals surface area contributed by atoms with Gasteiger partial charge in [0.1, 0.15) is 5.76 Å². The lowest BCUT2D eigenvalue weighted by atomic mass is 10.2. The van der Waals surface area contributed by atoms with Gasteiger partial charge >= 0.3 is 6.03 Å². The number of aromatic nitrogens is 1. The third-order valence-electron chi connectivity index (χ3n) is 4.07. The summed E-state index contributed by atoms with van der Waals surface area (Å²) in [5, 5.41) is 2.91. The number of halogens is 1. The number of nitrogens with zero attached hydrogens (tertiary/aromatic N) is 2. The van der Waals surface area contributed by atoms with Crippen LogP contribution in [-0.2, 0) is 6.54 Å². The van der Waals surface area contributed by atoms with E-state index in [0.29, 0.717) is 18.1 Å². The van der Waals surface area contributed by atoms with E-state index in [1.807, 2.05) is 62.4 Å². The van der Waals surface area contributed by atoms with Crippen molar-refractivity contribution >= 4 is 27.6 Å². The Hall–Kier alpha value is -2.60. The molecule has 0 atom stereocenters. The first-order chi connectivity index (χ1) is 12.4. The Morgan fingerprint density at radius 3 is 2.58 bits per heavy atom. The Kier molecular flexibility index (Phi) is 5.42. The zero-order valence-electron chi connectivity index (χ0n) is 14.9. The molecule has 0 fully saturated rings. The number of aryl methyl sites for hydroxylation is 2. The molecule has 2 aromatic carbocycles. The Balaban J connectivity index is 1.69. The summed E-state index contributed by atoms with van der Waals surface area (Å²) in [6, 6.07) is 15.2. The molecule has 1 heterocycles. The third kappa shape index (κ3) is 4.32. The quantitative estimate of drug-likeness (QED) is 0.623. The highest BCUT2D eigenvalue weighted by Crippen LogP contribution is 2.24. The second kappa shape index (κ2) is 7.74. The third-order valence-corrected chi connectivity index (χ3v) is 4.60. The van der Waals surface area contributed by atoms with E-state index in [1.54, 1.807) is 11.9 Å². The lowest BCUT2D eigenvalue weighted by Crippen LogP contribution is -2.30. The maximum Gasteiger partial charge on any atom is 0.321 e. The number of rotatable bonds is 4. The molecule has 2 amide bonds. The number of hydrogen-bond acceptors (Lipinski definition) is 3. The average molecular weight is 414 g/mol. The molecule has 26 heavy (non-hydrogen) atoms. The molecule has 0 aliphatic heterocycles. The lowest BCUT2D eigenvalue weighted by molar-refractivity contribution is 0.220. The number of oxazole rings is 1. The molecule has 134 valence electrons. The van der Waals surface area contributed by atoms with Gasteiger partial charge in [0.15, 0.2) is 0 Å². The highest BCUT2D eigenvalue weighted by Gasteiger charge is 2.12. The van der Waals surface area contributed by atoms with E-state index in [1.165, 1.54) is 0 Å². The predicted molar refractivity (Wildman–Crippen MR) is 106 cm³/mol. The summed E-state index contributed by atoms with van der Waals surface area (Å²) in [5.41, 5.74) is 3.45. The predicted octanol–water partition coefficient (Wildman–Crippen LogP) is 5.38. The van der Waals surface area contributed by atoms with Gasteiger partial charge in [-0.3, -0.25) is 0 Å². The zero-order valence-corrected chi connectivity index (χ0v) is 16.5. The van der Waals surface area contributed by atoms with Gasteiger partial charge in [-0.05, 0) is 49.7 Å². The summed E-state index contributed by atoms with van der Waals surface area (Å²) < 4.78 is 6.67. The summed E-state index contributed by atoms with van der Waals surface area (Å²) in [7, 11) is 1.77. The fourth-order valence-corrected chi connectivity index (χ4v) is 2.74. The van der Waals surface area contributed by atoms with Crippen LogP contribution in [0, 0.1) is 13.8 Å². The lowest BCUT2D eigenvalue weighted by Gasteiger charge is -2.18. The van der Waals surface area contributed by atoms with Crippen LogP contribution in [0.3, 0.4) is 0 Å². The van der Waals surface area contributed by atoms with Gasteiger partial charge in [-0.1, -0.05) is 34.1 Å². The molecule has 1 N–H and O–H groups in total. The van der Waals surface area contributed by atoms with E-state index in [9.17, 15) is 4.79 Å². The normalized spacial score (nSPS) is 10.6. The maximum atomic E-state index is 12.5. The molecule has 5 nitrogen and oxygen atoms in total. The molecule has 0 aliphatic rings. The monoisotopic (exact) mass is 413 g/mol. The molecule has 1 aromatic heterocycles. The number of anilines is 1. The molecule has 0 spiro atoms. The number of urea groups is 1. The van der Waals surface area contributed by atoms with Gasteiger partial charge in [-0.15, -0.1) is 0 Å². The number of nitrogens with one attached hydrogen (secondary N) is 1. The average Bonchev–Trinajstić information content (AvgIpc) is 2.96. The van der Waals surface area contributed by atoms with E-state index in [2.05, 4.69) is 26.2 Å². The van der Waals surface area contributed by atoms with E-state index < -0.39 is 0 Å². The number of carbonyl (C=O) groups is 1. The second-order valence-corrected chi connectivity index (χ2v) is 7.07. The largest absolute Gasteiger partial charge is 0.441 e. The van der Waals surface area contributed by atoms with Crippen LogP contribution in [-0.4, -0.2) is 23.0 Å². The van der Waals surface area contributed by atoms with Crippen molar-refractivity contribution in [2.75, 3.05) is 12.4 Å². The number of hydrogen-bond donors (Lipinski definition) is 1. The summed E-state index contributed by atoms with van der Waals surface area (Å²) in [6.07, 6.45) is 0. The van der Waals surface area contributed by atoms with Gasteiger partial charge in [0, 0.05) is 29.3 Å². The maximum absolute atomic E-state index is 12.5. The molecule has 3 rings (SSSR count). The smallest absolute Gasteiger partial charge is 0.321 e. The topological polar surface area (TPSA) is 58.4 Å². The summed E-state index contributed by atoms with van der Waals surface area (Å²) in [5.74, 6) is 1.35. The molecule has 0 saturated carbocycles. The Labute approximate surface area is 161 Å². The molecule has 0 aliphatic carbocycles. The van der Waals surface area contributed by atoms with Crippen LogP contribution in [0.25, 0.3) is 11.5 Å². The van der Waals surface area contributed by atoms with Crippen LogP contribution in [0.5, 0.6) is 0 Å². The second-order valence-electron chi connectivity index (χ2n) is 6.15. The van der Waals surface area contributed by atoms with Gasteiger partial charge in [-0.2, -0.15) is 0 Å². The van der Waals surface area contributed by atoms with E-state index >= 15 is 0 Å². The fraction of sp³-hybridized carbons (Fsp3) is 0.200. The van der Waals surface area contributed by atoms with Crippen molar-refractivity contribution in [1.29, 1.82) is 0 Å². The van der Waals surface area contributed by atoms with Crippen molar-refractivity contribution in [1.82, 2.24) is 9.88 Å². The van der Waals surface area contributed by atoms with Crippen LogP contribution < -0.4 is 5.32 Å². The van der Waals surface area contributed by atoms with E-state index in [-0.39, 0.29) is 6.03 Å². The molecule has 3 aromatic rings. The Morgan fingerprint density at radius 2 is 1.92 bits per heavy atom. The first-order valence-corrected chi connectivity index (χ1v) is 9.02. The summed E-state index contributed by atoms with van der Waals surface area (Å²) >= 11 is 3.41. The van der Waals surface area contributed by atoms with Gasteiger partial charge in [0.2, 0.25) is 5.89 Å². The van der Waals surface area contributed by atoms with Crippen molar-refractivity contribution in [3.8, 4) is 11.5 Å². The Morgan fingerprint density at radius 1 is 1.19 bits per heavy atom. The molecular formula is C20H20BrN3O2. The zero-order chi connectivity index (χ0) is 18.7. The Bertz CT molecular complexity index is 900. The number of amides is 2. The molecule has 6 heteroatoms. The van der Waals surface area contributed by atoms with Crippen LogP contribution in [0.2, 0.25) is 0 Å². The van der Waals surface area contributed by atoms with Crippen molar-refractivity contribution in [3.05, 3.63) is 70.0 Å². The molecular weight excluding hydrogens is 394 g/mol. The van der Waals surface area contributed by atoms with E-state index in [4.69, 9.17) is 4.42 Å². The number of benzene rings is 2. The SMILES string of the molecule is Cc1nc(-c2cccc(NC(=O)N(C)Cc3ccc(Br)cc3)c2)oc1C. The van der Waals surface area contributed by atoms with Gasteiger partial charge in [-0.25, -0.2) is 9.78 Å². The van der Waals surface area contributed by atoms with Crippen molar-refractivity contribution in [2.24, 2.45) is 0 Å². The molecule has 0 unspecified atom stereocenters. The van der Waals surface area contributed by atoms with E-state index in [0.717, 1.165) is 27.1 Å². The summed E-state index contributed by atoms with van der Waals surface area (Å²) in [4.78, 5) is 18.5. The first kappa shape index (κ1) is 18.2. The summed E-state index contributed by atoms with van der Waals surface area (Å²) in [6.45, 7) is 4.32. The van der Waals surface area contributed by atoms with Gasteiger partial charge < -0.3 is 14.6 Å². The van der Waals surface area contributed by atoms with Crippen molar-refractivity contribution < 1.29 is 9.21 Å². The molecule has 0 saturated heterocycles. The molecule has 0 radical (unpaired) electrons. The van der Waals surface area contributed by atoms with Crippen LogP contribution in [0.4, 0.5) is 10.5 Å². The molecule has 0 bridgehead atoms. The number of carbonyl (C=O) groups excluding carboxylic acids is 1. The van der Waals surface area contributed by atoms with Gasteiger partial charge in [0.05, 0.1) is 5.69 Å². The van der Waals surface area contributed by atoms with Crippen molar-refractivity contribution in [2.45, 2.75) is 20.4 Å². The van der Waals surface area contributed by atoms with Crippen LogP contribution in [0.15, 0.2) is 57.4 Å². The highest BCUT2D eigenvalue weighted by molar-refractivity contribution is 9.10. The minimum atomic E-state index is -0.176.